The number of hydrogen-bond donors (Lipinski definition) is 0. The minimum Gasteiger partial charge on any atom is -0.794 e. The van der Waals surface area contributed by atoms with Crippen LogP contribution in [0, 0.1) is 0 Å². The molecule has 2 nitrogen and oxygen atoms in total. The van der Waals surface area contributed by atoms with Gasteiger partial charge in [-0.25, -0.2) is 0 Å². The molecule has 2 aromatic rings. The Morgan fingerprint density at radius 1 is 0.773 bits per heavy atom. The SMILES string of the molecule is S=P([S-])(Oc1ccccc1)Oc1ccccc1.[S-]CC[S-].[Sb+3]. The summed E-state index contributed by atoms with van der Waals surface area (Å²) in [6.07, 6.45) is 0. The summed E-state index contributed by atoms with van der Waals surface area (Å²) in [4.78, 5) is 0. The standard InChI is InChI=1S/C12H11O2PS2.C2H6S2.Sb/c16-15(17,13-11-7-3-1-4-8-11)14-12-9-5-2-6-10-12;3-1-2-4;/h1-10H,(H,16,17);3-4H,1-2H2;/q;;+3/p-3. The molecule has 0 aliphatic carbocycles. The first-order chi connectivity index (χ1) is 10.1. The maximum Gasteiger partial charge on any atom is 3.00 e. The van der Waals surface area contributed by atoms with Crippen LogP contribution < -0.4 is 9.05 Å². The fourth-order valence-electron chi connectivity index (χ4n) is 1.24. The molecule has 0 N–H and O–H groups in total. The molecule has 0 heterocycles. The number of para-hydroxylation sites is 2. The number of hydrogen-bond acceptors (Lipinski definition) is 6. The minimum absolute atomic E-state index is 0. The van der Waals surface area contributed by atoms with Gasteiger partial charge in [-0.05, 0) is 36.1 Å². The van der Waals surface area contributed by atoms with E-state index in [0.29, 0.717) is 11.5 Å². The van der Waals surface area contributed by atoms with Crippen molar-refractivity contribution in [3.63, 3.8) is 0 Å². The molecule has 116 valence electrons. The van der Waals surface area contributed by atoms with Crippen molar-refractivity contribution in [3.8, 4) is 11.5 Å². The summed E-state index contributed by atoms with van der Waals surface area (Å²) in [6.45, 7) is 0. The zero-order chi connectivity index (χ0) is 15.6. The summed E-state index contributed by atoms with van der Waals surface area (Å²) < 4.78 is 11.0. The van der Waals surface area contributed by atoms with E-state index < -0.39 is 5.69 Å². The van der Waals surface area contributed by atoms with Crippen molar-refractivity contribution < 1.29 is 9.05 Å². The second-order valence-electron chi connectivity index (χ2n) is 3.66. The Kier molecular flexibility index (Phi) is 13.2. The van der Waals surface area contributed by atoms with Crippen molar-refractivity contribution in [2.24, 2.45) is 0 Å². The Morgan fingerprint density at radius 3 is 1.36 bits per heavy atom. The third-order valence-electron chi connectivity index (χ3n) is 2.00. The van der Waals surface area contributed by atoms with Gasteiger partial charge in [-0.1, -0.05) is 36.4 Å². The van der Waals surface area contributed by atoms with Crippen LogP contribution in [0.4, 0.5) is 0 Å². The molecule has 0 aliphatic heterocycles. The normalized spacial score (nSPS) is 9.77. The molecule has 2 radical (unpaired) electrons. The minimum atomic E-state index is -2.72. The van der Waals surface area contributed by atoms with Crippen LogP contribution in [0.25, 0.3) is 0 Å². The first kappa shape index (κ1) is 22.6. The molecule has 0 fully saturated rings. The third kappa shape index (κ3) is 10.4. The van der Waals surface area contributed by atoms with Crippen molar-refractivity contribution in [1.29, 1.82) is 0 Å². The molecule has 0 saturated carbocycles. The van der Waals surface area contributed by atoms with Crippen molar-refractivity contribution >= 4 is 79.4 Å². The van der Waals surface area contributed by atoms with Crippen molar-refractivity contribution in [3.05, 3.63) is 60.7 Å². The zero-order valence-corrected chi connectivity index (χ0v) is 18.2. The second-order valence-corrected chi connectivity index (χ2v) is 9.32. The Balaban J connectivity index is 0.000000791. The van der Waals surface area contributed by atoms with Crippen LogP contribution in [0.15, 0.2) is 60.7 Å². The van der Waals surface area contributed by atoms with Gasteiger partial charge in [0.2, 0.25) is 0 Å². The summed E-state index contributed by atoms with van der Waals surface area (Å²) in [5, 5.41) is 0. The smallest absolute Gasteiger partial charge is 0.794 e. The zero-order valence-electron chi connectivity index (χ0n) is 11.5. The van der Waals surface area contributed by atoms with Gasteiger partial charge in [0.05, 0.1) is 0 Å². The van der Waals surface area contributed by atoms with E-state index in [1.807, 2.05) is 60.7 Å². The quantitative estimate of drug-likeness (QED) is 0.356. The Bertz CT molecular complexity index is 510. The molecule has 0 saturated heterocycles. The summed E-state index contributed by atoms with van der Waals surface area (Å²) in [5.41, 5.74) is -2.72. The molecule has 2 aromatic carbocycles. The summed E-state index contributed by atoms with van der Waals surface area (Å²) >= 11 is 19.3. The molecular weight excluding hydrogens is 481 g/mol. The summed E-state index contributed by atoms with van der Waals surface area (Å²) in [5.74, 6) is 2.72. The second kappa shape index (κ2) is 12.9. The van der Waals surface area contributed by atoms with Gasteiger partial charge in [-0.2, -0.15) is 11.5 Å². The molecule has 8 heteroatoms. The molecule has 0 amide bonds. The van der Waals surface area contributed by atoms with E-state index in [1.54, 1.807) is 0 Å². The van der Waals surface area contributed by atoms with Crippen LogP contribution >= 0.6 is 5.69 Å². The van der Waals surface area contributed by atoms with E-state index >= 15 is 0 Å². The Hall–Kier alpha value is 0.558. The first-order valence-corrected chi connectivity index (χ1v) is 10.8. The molecule has 0 spiro atoms. The largest absolute Gasteiger partial charge is 3.00 e. The monoisotopic (exact) mass is 494 g/mol. The molecule has 0 atom stereocenters. The van der Waals surface area contributed by atoms with Crippen LogP contribution in [-0.2, 0) is 49.3 Å². The van der Waals surface area contributed by atoms with E-state index in [2.05, 4.69) is 25.3 Å². The first-order valence-electron chi connectivity index (χ1n) is 6.04. The average molecular weight is 495 g/mol. The Labute approximate surface area is 171 Å². The van der Waals surface area contributed by atoms with Gasteiger partial charge >= 0.3 is 24.4 Å². The maximum atomic E-state index is 5.52. The predicted octanol–water partition coefficient (Wildman–Crippen LogP) is 3.62. The fourth-order valence-corrected chi connectivity index (χ4v) is 3.07. The van der Waals surface area contributed by atoms with Gasteiger partial charge < -0.3 is 46.6 Å². The molecular formula is C14H14O2PS4Sb. The molecule has 2 rings (SSSR count). The molecule has 22 heavy (non-hydrogen) atoms. The van der Waals surface area contributed by atoms with Gasteiger partial charge in [-0.15, -0.1) is 0 Å². The van der Waals surface area contributed by atoms with Crippen molar-refractivity contribution in [2.75, 3.05) is 11.5 Å². The maximum absolute atomic E-state index is 5.52. The van der Waals surface area contributed by atoms with Crippen molar-refractivity contribution in [1.82, 2.24) is 0 Å². The molecule has 0 aromatic heterocycles. The summed E-state index contributed by atoms with van der Waals surface area (Å²) in [7, 11) is 0. The molecule has 0 unspecified atom stereocenters. The van der Waals surface area contributed by atoms with Crippen LogP contribution in [0.1, 0.15) is 0 Å². The van der Waals surface area contributed by atoms with E-state index in [1.165, 1.54) is 0 Å². The van der Waals surface area contributed by atoms with E-state index in [0.717, 1.165) is 11.5 Å². The molecule has 0 bridgehead atoms. The average Bonchev–Trinajstić information content (AvgIpc) is 2.48. The van der Waals surface area contributed by atoms with Crippen LogP contribution in [0.2, 0.25) is 0 Å². The van der Waals surface area contributed by atoms with E-state index in [-0.39, 0.29) is 24.4 Å². The van der Waals surface area contributed by atoms with Gasteiger partial charge in [0.1, 0.15) is 11.5 Å². The van der Waals surface area contributed by atoms with Crippen LogP contribution in [0.3, 0.4) is 0 Å². The topological polar surface area (TPSA) is 18.5 Å². The van der Waals surface area contributed by atoms with Crippen molar-refractivity contribution in [2.45, 2.75) is 0 Å². The van der Waals surface area contributed by atoms with E-state index in [4.69, 9.17) is 33.1 Å². The number of benzene rings is 2. The molecule has 0 aliphatic rings. The van der Waals surface area contributed by atoms with Crippen LogP contribution in [0.5, 0.6) is 11.5 Å². The van der Waals surface area contributed by atoms with Gasteiger partial charge in [0.25, 0.3) is 0 Å². The number of rotatable bonds is 5. The van der Waals surface area contributed by atoms with Gasteiger partial charge in [0, 0.05) is 0 Å². The van der Waals surface area contributed by atoms with Gasteiger partial charge in [0.15, 0.2) is 5.69 Å². The predicted molar refractivity (Wildman–Crippen MR) is 106 cm³/mol. The summed E-state index contributed by atoms with van der Waals surface area (Å²) in [6, 6.07) is 18.5. The Morgan fingerprint density at radius 2 is 1.09 bits per heavy atom. The van der Waals surface area contributed by atoms with Crippen LogP contribution in [-0.4, -0.2) is 35.9 Å². The fraction of sp³-hybridized carbons (Fsp3) is 0.143. The third-order valence-corrected chi connectivity index (χ3v) is 4.43. The van der Waals surface area contributed by atoms with E-state index in [9.17, 15) is 0 Å². The van der Waals surface area contributed by atoms with Gasteiger partial charge in [-0.3, -0.25) is 0 Å².